The van der Waals surface area contributed by atoms with Crippen LogP contribution in [0, 0.1) is 27.7 Å². The number of rotatable bonds is 2. The topological polar surface area (TPSA) is 35.6 Å². The zero-order valence-electron chi connectivity index (χ0n) is 10.7. The van der Waals surface area contributed by atoms with E-state index in [1.54, 1.807) is 39.8 Å². The lowest BCUT2D eigenvalue weighted by Crippen LogP contribution is -2.05. The Hall–Kier alpha value is -1.98. The predicted octanol–water partition coefficient (Wildman–Crippen LogP) is 2.99. The number of halogens is 2. The van der Waals surface area contributed by atoms with Crippen molar-refractivity contribution in [3.63, 3.8) is 0 Å². The zero-order valence-corrected chi connectivity index (χ0v) is 10.7. The van der Waals surface area contributed by atoms with E-state index >= 15 is 0 Å². The Bertz CT molecular complexity index is 568. The average molecular weight is 252 g/mol. The Morgan fingerprint density at radius 3 is 1.39 bits per heavy atom. The van der Waals surface area contributed by atoms with Gasteiger partial charge < -0.3 is 0 Å². The van der Waals surface area contributed by atoms with E-state index in [1.165, 1.54) is 0 Å². The molecule has 4 nitrogen and oxygen atoms in total. The highest BCUT2D eigenvalue weighted by Crippen LogP contribution is 2.21. The molecule has 0 amide bonds. The monoisotopic (exact) mass is 252 g/mol. The molecule has 0 aliphatic rings. The fraction of sp³-hybridized carbons (Fsp3) is 0.333. The van der Waals surface area contributed by atoms with E-state index in [-0.39, 0.29) is 0 Å². The van der Waals surface area contributed by atoms with Crippen LogP contribution >= 0.6 is 0 Å². The lowest BCUT2D eigenvalue weighted by atomic mass is 10.4. The Kier molecular flexibility index (Phi) is 3.02. The van der Waals surface area contributed by atoms with Crippen molar-refractivity contribution in [2.45, 2.75) is 27.7 Å². The van der Waals surface area contributed by atoms with Gasteiger partial charge in [0, 0.05) is 11.4 Å². The first-order chi connectivity index (χ1) is 8.40. The molecule has 0 fully saturated rings. The van der Waals surface area contributed by atoms with Crippen LogP contribution in [-0.4, -0.2) is 19.6 Å². The third-order valence-corrected chi connectivity index (χ3v) is 2.56. The Morgan fingerprint density at radius 1 is 0.833 bits per heavy atom. The maximum absolute atomic E-state index is 14.0. The van der Waals surface area contributed by atoms with Gasteiger partial charge in [0.1, 0.15) is 0 Å². The van der Waals surface area contributed by atoms with Gasteiger partial charge in [-0.05, 0) is 39.8 Å². The molecule has 0 saturated carbocycles. The highest BCUT2D eigenvalue weighted by atomic mass is 19.2. The summed E-state index contributed by atoms with van der Waals surface area (Å²) in [6.45, 7) is 6.76. The van der Waals surface area contributed by atoms with Gasteiger partial charge in [-0.25, -0.2) is 9.36 Å². The molecule has 2 aromatic heterocycles. The van der Waals surface area contributed by atoms with Crippen molar-refractivity contribution >= 4 is 11.9 Å². The van der Waals surface area contributed by atoms with Gasteiger partial charge in [-0.2, -0.15) is 19.0 Å². The zero-order chi connectivity index (χ0) is 13.4. The maximum Gasteiger partial charge on any atom is 0.269 e. The second-order valence-electron chi connectivity index (χ2n) is 4.26. The highest BCUT2D eigenvalue weighted by Gasteiger charge is 2.16. The minimum Gasteiger partial charge on any atom is -0.207 e. The van der Waals surface area contributed by atoms with E-state index in [2.05, 4.69) is 10.2 Å². The number of aryl methyl sites for hydroxylation is 4. The third-order valence-electron chi connectivity index (χ3n) is 2.56. The molecular weight excluding hydrogens is 238 g/mol. The molecule has 0 aliphatic heterocycles. The summed E-state index contributed by atoms with van der Waals surface area (Å²) in [5.74, 6) is -2.13. The van der Waals surface area contributed by atoms with Crippen LogP contribution in [0.5, 0.6) is 0 Å². The summed E-state index contributed by atoms with van der Waals surface area (Å²) >= 11 is 0. The van der Waals surface area contributed by atoms with Gasteiger partial charge in [-0.3, -0.25) is 0 Å². The lowest BCUT2D eigenvalue weighted by Gasteiger charge is -2.04. The van der Waals surface area contributed by atoms with E-state index in [9.17, 15) is 8.78 Å². The molecule has 2 heterocycles. The average Bonchev–Trinajstić information content (AvgIpc) is 2.79. The van der Waals surface area contributed by atoms with Crippen LogP contribution in [0.15, 0.2) is 12.1 Å². The van der Waals surface area contributed by atoms with Gasteiger partial charge in [0.15, 0.2) is 0 Å². The molecule has 0 unspecified atom stereocenters. The molecule has 2 aromatic rings. The normalized spacial score (nSPS) is 12.8. The Balaban J connectivity index is 2.54. The quantitative estimate of drug-likeness (QED) is 0.823. The van der Waals surface area contributed by atoms with Crippen LogP contribution in [0.1, 0.15) is 22.8 Å². The van der Waals surface area contributed by atoms with Gasteiger partial charge in [-0.1, -0.05) is 0 Å². The summed E-state index contributed by atoms with van der Waals surface area (Å²) in [6.07, 6.45) is 0. The molecule has 0 atom stereocenters. The summed E-state index contributed by atoms with van der Waals surface area (Å²) in [4.78, 5) is 0. The van der Waals surface area contributed by atoms with E-state index in [1.807, 2.05) is 0 Å². The fourth-order valence-electron chi connectivity index (χ4n) is 1.83. The molecule has 0 aliphatic carbocycles. The van der Waals surface area contributed by atoms with E-state index in [0.29, 0.717) is 22.8 Å². The number of hydrogen-bond donors (Lipinski definition) is 0. The molecule has 0 bridgehead atoms. The van der Waals surface area contributed by atoms with E-state index < -0.39 is 11.9 Å². The van der Waals surface area contributed by atoms with E-state index in [0.717, 1.165) is 9.36 Å². The molecule has 0 saturated heterocycles. The van der Waals surface area contributed by atoms with Crippen LogP contribution < -0.4 is 0 Å². The first-order valence-corrected chi connectivity index (χ1v) is 5.52. The van der Waals surface area contributed by atoms with Crippen molar-refractivity contribution in [1.29, 1.82) is 0 Å². The third kappa shape index (κ3) is 2.05. The predicted molar refractivity (Wildman–Crippen MR) is 65.0 cm³/mol. The molecular formula is C12H14F2N4. The van der Waals surface area contributed by atoms with Crippen molar-refractivity contribution in [2.75, 3.05) is 0 Å². The molecule has 96 valence electrons. The Labute approximate surface area is 104 Å². The first-order valence-electron chi connectivity index (χ1n) is 5.52. The van der Waals surface area contributed by atoms with Gasteiger partial charge in [0.2, 0.25) is 0 Å². The SMILES string of the molecule is Cc1cc(C)n(/C(F)=C(\F)n2nc(C)cc2C)n1. The van der Waals surface area contributed by atoms with Crippen LogP contribution in [-0.2, 0) is 0 Å². The van der Waals surface area contributed by atoms with Crippen LogP contribution in [0.3, 0.4) is 0 Å². The highest BCUT2D eigenvalue weighted by molar-refractivity contribution is 5.62. The molecule has 0 N–H and O–H groups in total. The van der Waals surface area contributed by atoms with Crippen molar-refractivity contribution in [3.05, 3.63) is 34.9 Å². The fourth-order valence-corrected chi connectivity index (χ4v) is 1.83. The molecule has 0 spiro atoms. The summed E-state index contributed by atoms with van der Waals surface area (Å²) < 4.78 is 29.9. The number of nitrogens with zero attached hydrogens (tertiary/aromatic N) is 4. The molecule has 18 heavy (non-hydrogen) atoms. The van der Waals surface area contributed by atoms with Gasteiger partial charge in [-0.15, -0.1) is 0 Å². The smallest absolute Gasteiger partial charge is 0.207 e. The van der Waals surface area contributed by atoms with Crippen LogP contribution in [0.2, 0.25) is 0 Å². The second kappa shape index (κ2) is 4.36. The molecule has 0 radical (unpaired) electrons. The Morgan fingerprint density at radius 2 is 1.17 bits per heavy atom. The van der Waals surface area contributed by atoms with Gasteiger partial charge in [0.05, 0.1) is 11.4 Å². The number of aromatic nitrogens is 4. The summed E-state index contributed by atoms with van der Waals surface area (Å²) in [7, 11) is 0. The first kappa shape index (κ1) is 12.5. The van der Waals surface area contributed by atoms with Gasteiger partial charge in [0.25, 0.3) is 11.9 Å². The summed E-state index contributed by atoms with van der Waals surface area (Å²) in [6, 6.07) is 3.35. The van der Waals surface area contributed by atoms with Crippen molar-refractivity contribution in [1.82, 2.24) is 19.6 Å². The van der Waals surface area contributed by atoms with Crippen LogP contribution in [0.25, 0.3) is 11.9 Å². The summed E-state index contributed by atoms with van der Waals surface area (Å²) in [5.41, 5.74) is 2.32. The number of hydrogen-bond acceptors (Lipinski definition) is 2. The lowest BCUT2D eigenvalue weighted by molar-refractivity contribution is 0.571. The molecule has 0 aromatic carbocycles. The molecule has 2 rings (SSSR count). The van der Waals surface area contributed by atoms with Gasteiger partial charge >= 0.3 is 0 Å². The second-order valence-corrected chi connectivity index (χ2v) is 4.26. The largest absolute Gasteiger partial charge is 0.269 e. The van der Waals surface area contributed by atoms with Crippen molar-refractivity contribution in [3.8, 4) is 0 Å². The van der Waals surface area contributed by atoms with Crippen molar-refractivity contribution in [2.24, 2.45) is 0 Å². The minimum atomic E-state index is -1.06. The summed E-state index contributed by atoms with van der Waals surface area (Å²) in [5, 5.41) is 7.79. The standard InChI is InChI=1S/C12H14F2N4/c1-7-5-9(3)17(15-7)11(13)12(14)18-10(4)6-8(2)16-18/h5-6H,1-4H3/b12-11+. The maximum atomic E-state index is 14.0. The van der Waals surface area contributed by atoms with E-state index in [4.69, 9.17) is 0 Å². The van der Waals surface area contributed by atoms with Crippen molar-refractivity contribution < 1.29 is 8.78 Å². The molecule has 6 heteroatoms. The minimum absolute atomic E-state index is 0.529. The van der Waals surface area contributed by atoms with Crippen LogP contribution in [0.4, 0.5) is 8.78 Å².